The van der Waals surface area contributed by atoms with Crippen molar-refractivity contribution in [3.05, 3.63) is 85.1 Å². The Kier molecular flexibility index (Phi) is 53.4. The minimum absolute atomic E-state index is 0.0858. The van der Waals surface area contributed by atoms with Crippen LogP contribution in [0.4, 0.5) is 0 Å². The Bertz CT molecular complexity index is 1320. The maximum Gasteiger partial charge on any atom is 0.306 e. The molecule has 1 unspecified atom stereocenters. The highest BCUT2D eigenvalue weighted by Crippen LogP contribution is 2.16. The van der Waals surface area contributed by atoms with Gasteiger partial charge in [-0.15, -0.1) is 0 Å². The number of allylic oxidation sites excluding steroid dienone is 14. The van der Waals surface area contributed by atoms with Crippen LogP contribution in [-0.2, 0) is 28.6 Å². The Labute approximate surface area is 420 Å². The minimum Gasteiger partial charge on any atom is -0.462 e. The number of esters is 3. The van der Waals surface area contributed by atoms with E-state index in [1.54, 1.807) is 0 Å². The quantitative estimate of drug-likeness (QED) is 0.0262. The molecule has 0 aromatic heterocycles. The van der Waals surface area contributed by atoms with Gasteiger partial charge in [-0.3, -0.25) is 14.4 Å². The summed E-state index contributed by atoms with van der Waals surface area (Å²) < 4.78 is 16.8. The molecule has 0 saturated carbocycles. The lowest BCUT2D eigenvalue weighted by molar-refractivity contribution is -0.167. The fraction of sp³-hybridized carbons (Fsp3) is 0.726. The molecular formula is C62H106O6. The Morgan fingerprint density at radius 1 is 0.309 bits per heavy atom. The predicted octanol–water partition coefficient (Wildman–Crippen LogP) is 19.2. The molecule has 0 radical (unpaired) electrons. The van der Waals surface area contributed by atoms with Crippen LogP contribution in [0.1, 0.15) is 271 Å². The number of ether oxygens (including phenoxy) is 3. The molecule has 6 nitrogen and oxygen atoms in total. The lowest BCUT2D eigenvalue weighted by Gasteiger charge is -2.18. The van der Waals surface area contributed by atoms with Gasteiger partial charge in [0.15, 0.2) is 6.10 Å². The van der Waals surface area contributed by atoms with Gasteiger partial charge in [-0.05, 0) is 89.9 Å². The molecule has 0 heterocycles. The molecule has 1 atom stereocenters. The van der Waals surface area contributed by atoms with E-state index in [0.717, 1.165) is 109 Å². The molecule has 68 heavy (non-hydrogen) atoms. The first-order chi connectivity index (χ1) is 33.5. The van der Waals surface area contributed by atoms with Crippen molar-refractivity contribution in [3.8, 4) is 0 Å². The van der Waals surface area contributed by atoms with E-state index >= 15 is 0 Å². The highest BCUT2D eigenvalue weighted by atomic mass is 16.6. The topological polar surface area (TPSA) is 78.9 Å². The lowest BCUT2D eigenvalue weighted by atomic mass is 10.0. The molecule has 390 valence electrons. The molecule has 0 aromatic carbocycles. The zero-order chi connectivity index (χ0) is 49.3. The summed E-state index contributed by atoms with van der Waals surface area (Å²) >= 11 is 0. The van der Waals surface area contributed by atoms with Crippen LogP contribution in [0.3, 0.4) is 0 Å². The first kappa shape index (κ1) is 64.6. The standard InChI is InChI=1S/C62H106O6/c1-4-7-10-13-16-19-22-24-25-26-27-28-29-30-31-32-33-34-35-36-37-39-40-43-46-49-52-55-61(64)67-58-59(57-66-60(63)54-51-48-45-42-21-18-15-12-9-6-3)68-62(65)56-53-50-47-44-41-38-23-20-17-14-11-8-5-2/h7-8,10-11,16-17,19-20,24-25,27-28,38,41,59H,4-6,9,12-15,18,21-23,26,29-37,39-40,42-58H2,1-3H3/b10-7-,11-8-,19-16-,20-17-,25-24-,28-27-,41-38-. The molecule has 0 spiro atoms. The fourth-order valence-corrected chi connectivity index (χ4v) is 7.92. The van der Waals surface area contributed by atoms with Crippen molar-refractivity contribution in [1.29, 1.82) is 0 Å². The maximum absolute atomic E-state index is 12.8. The number of unbranched alkanes of at least 4 members (excludes halogenated alkanes) is 26. The zero-order valence-electron chi connectivity index (χ0n) is 44.6. The van der Waals surface area contributed by atoms with E-state index in [-0.39, 0.29) is 31.1 Å². The van der Waals surface area contributed by atoms with Crippen molar-refractivity contribution in [2.45, 2.75) is 277 Å². The molecule has 0 amide bonds. The molecule has 0 rings (SSSR count). The maximum atomic E-state index is 12.8. The number of carbonyl (C=O) groups is 3. The van der Waals surface area contributed by atoms with E-state index < -0.39 is 6.10 Å². The van der Waals surface area contributed by atoms with E-state index in [9.17, 15) is 14.4 Å². The van der Waals surface area contributed by atoms with Gasteiger partial charge in [-0.25, -0.2) is 0 Å². The van der Waals surface area contributed by atoms with E-state index in [1.165, 1.54) is 122 Å². The van der Waals surface area contributed by atoms with Gasteiger partial charge in [0.1, 0.15) is 13.2 Å². The van der Waals surface area contributed by atoms with Crippen LogP contribution >= 0.6 is 0 Å². The second-order valence-corrected chi connectivity index (χ2v) is 18.8. The average molecular weight is 948 g/mol. The van der Waals surface area contributed by atoms with E-state index in [2.05, 4.69) is 106 Å². The van der Waals surface area contributed by atoms with Crippen LogP contribution in [0.25, 0.3) is 0 Å². The van der Waals surface area contributed by atoms with Gasteiger partial charge in [0.25, 0.3) is 0 Å². The van der Waals surface area contributed by atoms with Crippen molar-refractivity contribution in [1.82, 2.24) is 0 Å². The van der Waals surface area contributed by atoms with Crippen LogP contribution in [0, 0.1) is 0 Å². The minimum atomic E-state index is -0.788. The van der Waals surface area contributed by atoms with Crippen molar-refractivity contribution in [2.75, 3.05) is 13.2 Å². The van der Waals surface area contributed by atoms with Crippen molar-refractivity contribution in [2.24, 2.45) is 0 Å². The Balaban J connectivity index is 4.19. The molecule has 0 aliphatic carbocycles. The molecule has 0 fully saturated rings. The molecule has 0 aromatic rings. The van der Waals surface area contributed by atoms with Crippen LogP contribution in [0.5, 0.6) is 0 Å². The van der Waals surface area contributed by atoms with Gasteiger partial charge in [0.05, 0.1) is 0 Å². The normalized spacial score (nSPS) is 12.7. The summed E-state index contributed by atoms with van der Waals surface area (Å²) in [5.41, 5.74) is 0. The second kappa shape index (κ2) is 56.2. The van der Waals surface area contributed by atoms with Crippen molar-refractivity contribution in [3.63, 3.8) is 0 Å². The smallest absolute Gasteiger partial charge is 0.306 e. The zero-order valence-corrected chi connectivity index (χ0v) is 44.6. The SMILES string of the molecule is CC/C=C\C/C=C\C/C=C\C/C=C\CCCCCCCCCCCCCCCCC(=O)OCC(COC(=O)CCCCCCCCCCCC)OC(=O)CCCCC/C=C\C/C=C\C/C=C\CC. The van der Waals surface area contributed by atoms with Crippen LogP contribution in [0.2, 0.25) is 0 Å². The van der Waals surface area contributed by atoms with Gasteiger partial charge < -0.3 is 14.2 Å². The van der Waals surface area contributed by atoms with Gasteiger partial charge >= 0.3 is 17.9 Å². The summed E-state index contributed by atoms with van der Waals surface area (Å²) in [5, 5.41) is 0. The molecule has 6 heteroatoms. The lowest BCUT2D eigenvalue weighted by Crippen LogP contribution is -2.30. The van der Waals surface area contributed by atoms with Crippen LogP contribution in [0.15, 0.2) is 85.1 Å². The molecule has 0 bridgehead atoms. The summed E-state index contributed by atoms with van der Waals surface area (Å²) in [6.07, 6.45) is 73.1. The first-order valence-electron chi connectivity index (χ1n) is 28.6. The third-order valence-electron chi connectivity index (χ3n) is 12.1. The Morgan fingerprint density at radius 3 is 0.912 bits per heavy atom. The summed E-state index contributed by atoms with van der Waals surface area (Å²) in [6, 6.07) is 0. The van der Waals surface area contributed by atoms with Crippen LogP contribution < -0.4 is 0 Å². The third-order valence-corrected chi connectivity index (χ3v) is 12.1. The van der Waals surface area contributed by atoms with Crippen molar-refractivity contribution >= 4 is 17.9 Å². The van der Waals surface area contributed by atoms with E-state index in [1.807, 2.05) is 0 Å². The third kappa shape index (κ3) is 53.5. The Hall–Kier alpha value is -3.41. The number of carbonyl (C=O) groups excluding carboxylic acids is 3. The monoisotopic (exact) mass is 947 g/mol. The summed E-state index contributed by atoms with van der Waals surface area (Å²) in [4.78, 5) is 38.0. The van der Waals surface area contributed by atoms with Crippen molar-refractivity contribution < 1.29 is 28.6 Å². The van der Waals surface area contributed by atoms with E-state index in [0.29, 0.717) is 19.3 Å². The molecule has 0 aliphatic heterocycles. The van der Waals surface area contributed by atoms with Gasteiger partial charge in [-0.1, -0.05) is 247 Å². The number of hydrogen-bond acceptors (Lipinski definition) is 6. The summed E-state index contributed by atoms with van der Waals surface area (Å²) in [5.74, 6) is -0.913. The van der Waals surface area contributed by atoms with Gasteiger partial charge in [-0.2, -0.15) is 0 Å². The average Bonchev–Trinajstić information content (AvgIpc) is 3.34. The second-order valence-electron chi connectivity index (χ2n) is 18.8. The first-order valence-corrected chi connectivity index (χ1v) is 28.6. The highest BCUT2D eigenvalue weighted by molar-refractivity contribution is 5.71. The Morgan fingerprint density at radius 2 is 0.574 bits per heavy atom. The summed E-state index contributed by atoms with van der Waals surface area (Å²) in [7, 11) is 0. The molecule has 0 N–H and O–H groups in total. The van der Waals surface area contributed by atoms with Gasteiger partial charge in [0.2, 0.25) is 0 Å². The van der Waals surface area contributed by atoms with Crippen LogP contribution in [-0.4, -0.2) is 37.2 Å². The van der Waals surface area contributed by atoms with Gasteiger partial charge in [0, 0.05) is 19.3 Å². The number of rotatable bonds is 51. The molecule has 0 saturated heterocycles. The fourth-order valence-electron chi connectivity index (χ4n) is 7.92. The highest BCUT2D eigenvalue weighted by Gasteiger charge is 2.19. The summed E-state index contributed by atoms with van der Waals surface area (Å²) in [6.45, 7) is 6.38. The molecule has 0 aliphatic rings. The number of hydrogen-bond donors (Lipinski definition) is 0. The predicted molar refractivity (Wildman–Crippen MR) is 293 cm³/mol. The molecular weight excluding hydrogens is 841 g/mol. The largest absolute Gasteiger partial charge is 0.462 e. The van der Waals surface area contributed by atoms with E-state index in [4.69, 9.17) is 14.2 Å².